The van der Waals surface area contributed by atoms with Gasteiger partial charge in [0.25, 0.3) is 0 Å². The van der Waals surface area contributed by atoms with Gasteiger partial charge in [-0.2, -0.15) is 0 Å². The van der Waals surface area contributed by atoms with Crippen molar-refractivity contribution in [2.45, 2.75) is 38.6 Å². The summed E-state index contributed by atoms with van der Waals surface area (Å²) in [6.07, 6.45) is 7.94. The monoisotopic (exact) mass is 329 g/mol. The first kappa shape index (κ1) is 15.1. The Balaban J connectivity index is 1.23. The summed E-state index contributed by atoms with van der Waals surface area (Å²) in [5.74, 6) is 1.39. The Bertz CT molecular complexity index is 613. The van der Waals surface area contributed by atoms with Crippen LogP contribution in [0.25, 0.3) is 0 Å². The number of aromatic nitrogens is 2. The molecule has 4 rings (SSSR count). The average molecular weight is 329 g/mol. The van der Waals surface area contributed by atoms with Crippen molar-refractivity contribution in [2.75, 3.05) is 19.7 Å². The molecule has 0 spiro atoms. The molecule has 1 fully saturated rings. The molecule has 1 aliphatic heterocycles. The van der Waals surface area contributed by atoms with E-state index in [1.165, 1.54) is 42.8 Å². The van der Waals surface area contributed by atoms with Crippen molar-refractivity contribution in [1.82, 2.24) is 14.9 Å². The maximum atomic E-state index is 5.80. The van der Waals surface area contributed by atoms with E-state index in [1.54, 1.807) is 11.1 Å². The molecule has 1 aliphatic carbocycles. The molecule has 0 saturated carbocycles. The zero-order chi connectivity index (χ0) is 15.5. The van der Waals surface area contributed by atoms with Crippen LogP contribution in [0, 0.1) is 5.92 Å². The fourth-order valence-electron chi connectivity index (χ4n) is 3.45. The Kier molecular flexibility index (Phi) is 4.57. The van der Waals surface area contributed by atoms with E-state index >= 15 is 0 Å². The molecule has 2 aliphatic rings. The number of fused-ring (bicyclic) bond motifs is 1. The number of piperidine rings is 1. The number of pyridine rings is 1. The second kappa shape index (κ2) is 6.97. The second-order valence-electron chi connectivity index (χ2n) is 6.53. The van der Waals surface area contributed by atoms with Crippen molar-refractivity contribution in [3.63, 3.8) is 0 Å². The fraction of sp³-hybridized carbons (Fsp3) is 0.556. The normalized spacial score (nSPS) is 19.0. The van der Waals surface area contributed by atoms with Crippen LogP contribution in [0.4, 0.5) is 0 Å². The largest absolute Gasteiger partial charge is 0.477 e. The SMILES string of the molecule is c1ccc(OCC2CCN(Cc3nc4c(s3)CCC4)CC2)nc1. The first-order chi connectivity index (χ1) is 11.4. The molecular weight excluding hydrogens is 306 g/mol. The number of nitrogens with zero attached hydrogens (tertiary/aromatic N) is 3. The summed E-state index contributed by atoms with van der Waals surface area (Å²) in [6.45, 7) is 4.13. The highest BCUT2D eigenvalue weighted by Crippen LogP contribution is 2.29. The van der Waals surface area contributed by atoms with Crippen molar-refractivity contribution in [3.8, 4) is 5.88 Å². The Morgan fingerprint density at radius 3 is 2.91 bits per heavy atom. The van der Waals surface area contributed by atoms with Crippen LogP contribution in [0.15, 0.2) is 24.4 Å². The smallest absolute Gasteiger partial charge is 0.213 e. The van der Waals surface area contributed by atoms with Crippen LogP contribution >= 0.6 is 11.3 Å². The summed E-state index contributed by atoms with van der Waals surface area (Å²) >= 11 is 1.94. The number of aryl methyl sites for hydroxylation is 2. The Morgan fingerprint density at radius 2 is 2.13 bits per heavy atom. The molecule has 0 amide bonds. The minimum Gasteiger partial charge on any atom is -0.477 e. The van der Waals surface area contributed by atoms with Gasteiger partial charge >= 0.3 is 0 Å². The van der Waals surface area contributed by atoms with Gasteiger partial charge < -0.3 is 4.74 Å². The molecule has 4 nitrogen and oxygen atoms in total. The fourth-order valence-corrected chi connectivity index (χ4v) is 4.65. The van der Waals surface area contributed by atoms with Crippen LogP contribution in [-0.2, 0) is 19.4 Å². The molecule has 2 aromatic rings. The van der Waals surface area contributed by atoms with E-state index < -0.39 is 0 Å². The number of rotatable bonds is 5. The van der Waals surface area contributed by atoms with Gasteiger partial charge in [-0.1, -0.05) is 6.07 Å². The molecule has 23 heavy (non-hydrogen) atoms. The van der Waals surface area contributed by atoms with E-state index in [4.69, 9.17) is 9.72 Å². The zero-order valence-electron chi connectivity index (χ0n) is 13.4. The van der Waals surface area contributed by atoms with Gasteiger partial charge in [0.15, 0.2) is 0 Å². The Morgan fingerprint density at radius 1 is 1.22 bits per heavy atom. The first-order valence-corrected chi connectivity index (χ1v) is 9.42. The quantitative estimate of drug-likeness (QED) is 0.843. The third kappa shape index (κ3) is 3.72. The number of hydrogen-bond donors (Lipinski definition) is 0. The Labute approximate surface area is 141 Å². The highest BCUT2D eigenvalue weighted by atomic mass is 32.1. The molecule has 0 N–H and O–H groups in total. The van der Waals surface area contributed by atoms with Crippen LogP contribution in [0.1, 0.15) is 34.8 Å². The molecule has 3 heterocycles. The lowest BCUT2D eigenvalue weighted by Crippen LogP contribution is -2.35. The standard InChI is InChI=1S/C18H23N3OS/c1-2-9-19-17(6-1)22-13-14-7-10-21(11-8-14)12-18-20-15-4-3-5-16(15)23-18/h1-2,6,9,14H,3-5,7-8,10-13H2. The molecular formula is C18H23N3OS. The predicted molar refractivity (Wildman–Crippen MR) is 91.9 cm³/mol. The highest BCUT2D eigenvalue weighted by Gasteiger charge is 2.22. The lowest BCUT2D eigenvalue weighted by molar-refractivity contribution is 0.134. The number of hydrogen-bond acceptors (Lipinski definition) is 5. The summed E-state index contributed by atoms with van der Waals surface area (Å²) in [4.78, 5) is 13.1. The van der Waals surface area contributed by atoms with E-state index in [2.05, 4.69) is 9.88 Å². The zero-order valence-corrected chi connectivity index (χ0v) is 14.2. The van der Waals surface area contributed by atoms with E-state index in [0.29, 0.717) is 5.92 Å². The number of likely N-dealkylation sites (tertiary alicyclic amines) is 1. The second-order valence-corrected chi connectivity index (χ2v) is 7.70. The van der Waals surface area contributed by atoms with Crippen molar-refractivity contribution >= 4 is 11.3 Å². The molecule has 0 radical (unpaired) electrons. The number of thiazole rings is 1. The van der Waals surface area contributed by atoms with Gasteiger partial charge in [-0.15, -0.1) is 11.3 Å². The van der Waals surface area contributed by atoms with Crippen LogP contribution in [-0.4, -0.2) is 34.6 Å². The lowest BCUT2D eigenvalue weighted by Gasteiger charge is -2.31. The van der Waals surface area contributed by atoms with Gasteiger partial charge in [-0.05, 0) is 57.2 Å². The molecule has 5 heteroatoms. The topological polar surface area (TPSA) is 38.2 Å². The van der Waals surface area contributed by atoms with E-state index in [9.17, 15) is 0 Å². The summed E-state index contributed by atoms with van der Waals surface area (Å²) in [5.41, 5.74) is 1.38. The molecule has 0 aromatic carbocycles. The Hall–Kier alpha value is -1.46. The average Bonchev–Trinajstić information content (AvgIpc) is 3.17. The van der Waals surface area contributed by atoms with Gasteiger partial charge in [0.05, 0.1) is 18.8 Å². The van der Waals surface area contributed by atoms with Gasteiger partial charge in [-0.25, -0.2) is 9.97 Å². The van der Waals surface area contributed by atoms with Crippen molar-refractivity contribution in [1.29, 1.82) is 0 Å². The summed E-state index contributed by atoms with van der Waals surface area (Å²) < 4.78 is 5.80. The van der Waals surface area contributed by atoms with Crippen LogP contribution in [0.5, 0.6) is 5.88 Å². The van der Waals surface area contributed by atoms with Gasteiger partial charge in [0.2, 0.25) is 5.88 Å². The number of ether oxygens (including phenoxy) is 1. The minimum absolute atomic E-state index is 0.648. The van der Waals surface area contributed by atoms with E-state index in [-0.39, 0.29) is 0 Å². The molecule has 2 aromatic heterocycles. The van der Waals surface area contributed by atoms with Crippen molar-refractivity contribution < 1.29 is 4.74 Å². The summed E-state index contributed by atoms with van der Waals surface area (Å²) in [6, 6.07) is 5.81. The van der Waals surface area contributed by atoms with Crippen LogP contribution in [0.2, 0.25) is 0 Å². The first-order valence-electron chi connectivity index (χ1n) is 8.60. The molecule has 1 saturated heterocycles. The molecule has 122 valence electrons. The third-order valence-corrected chi connectivity index (χ3v) is 5.95. The van der Waals surface area contributed by atoms with Crippen molar-refractivity contribution in [3.05, 3.63) is 40.0 Å². The molecule has 0 bridgehead atoms. The van der Waals surface area contributed by atoms with Gasteiger partial charge in [0, 0.05) is 17.1 Å². The van der Waals surface area contributed by atoms with E-state index in [1.807, 2.05) is 29.5 Å². The van der Waals surface area contributed by atoms with Gasteiger partial charge in [-0.3, -0.25) is 4.90 Å². The lowest BCUT2D eigenvalue weighted by atomic mass is 9.98. The maximum Gasteiger partial charge on any atom is 0.213 e. The van der Waals surface area contributed by atoms with Crippen LogP contribution in [0.3, 0.4) is 0 Å². The maximum absolute atomic E-state index is 5.80. The van der Waals surface area contributed by atoms with Gasteiger partial charge in [0.1, 0.15) is 5.01 Å². The minimum atomic E-state index is 0.648. The summed E-state index contributed by atoms with van der Waals surface area (Å²) in [7, 11) is 0. The molecule has 0 unspecified atom stereocenters. The van der Waals surface area contributed by atoms with E-state index in [0.717, 1.165) is 32.1 Å². The third-order valence-electron chi connectivity index (χ3n) is 4.81. The highest BCUT2D eigenvalue weighted by molar-refractivity contribution is 7.11. The predicted octanol–water partition coefficient (Wildman–Crippen LogP) is 3.32. The summed E-state index contributed by atoms with van der Waals surface area (Å²) in [5, 5.41) is 1.32. The van der Waals surface area contributed by atoms with Crippen molar-refractivity contribution in [2.24, 2.45) is 5.92 Å². The van der Waals surface area contributed by atoms with Crippen LogP contribution < -0.4 is 4.74 Å². The molecule has 0 atom stereocenters.